The molecule has 0 unspecified atom stereocenters. The van der Waals surface area contributed by atoms with E-state index in [2.05, 4.69) is 39.2 Å². The number of benzene rings is 1. The standard InChI is InChI=1S/C25H26N6O2/c1-2-30-15-21(13-28-30)18-4-3-5-19(10-18)24-26-11-20(12-27-24)22-14-29-31(16-22)23-8-6-17(7-9-23)25(32)33/h3-5,10-17,23H,2,6-9H2,1H3,(H,32,33). The highest BCUT2D eigenvalue weighted by Gasteiger charge is 2.27. The highest BCUT2D eigenvalue weighted by atomic mass is 16.4. The van der Waals surface area contributed by atoms with Gasteiger partial charge in [0, 0.05) is 53.6 Å². The molecule has 0 atom stereocenters. The van der Waals surface area contributed by atoms with Gasteiger partial charge in [0.25, 0.3) is 0 Å². The third kappa shape index (κ3) is 4.41. The quantitative estimate of drug-likeness (QED) is 0.464. The van der Waals surface area contributed by atoms with Crippen molar-refractivity contribution in [2.75, 3.05) is 0 Å². The lowest BCUT2D eigenvalue weighted by atomic mass is 9.86. The second-order valence-electron chi connectivity index (χ2n) is 8.51. The van der Waals surface area contributed by atoms with E-state index >= 15 is 0 Å². The van der Waals surface area contributed by atoms with Gasteiger partial charge in [0.15, 0.2) is 5.82 Å². The molecule has 0 saturated heterocycles. The van der Waals surface area contributed by atoms with Crippen LogP contribution in [0.4, 0.5) is 0 Å². The van der Waals surface area contributed by atoms with Crippen molar-refractivity contribution in [3.8, 4) is 33.6 Å². The Morgan fingerprint density at radius 1 is 0.909 bits per heavy atom. The maximum Gasteiger partial charge on any atom is 0.306 e. The molecule has 0 aliphatic heterocycles. The van der Waals surface area contributed by atoms with Gasteiger partial charge in [-0.2, -0.15) is 10.2 Å². The number of carbonyl (C=O) groups is 1. The van der Waals surface area contributed by atoms with Crippen LogP contribution in [0, 0.1) is 5.92 Å². The number of nitrogens with zero attached hydrogens (tertiary/aromatic N) is 6. The summed E-state index contributed by atoms with van der Waals surface area (Å²) < 4.78 is 3.87. The van der Waals surface area contributed by atoms with Crippen molar-refractivity contribution in [3.63, 3.8) is 0 Å². The average molecular weight is 443 g/mol. The number of aliphatic carboxylic acids is 1. The SMILES string of the molecule is CCn1cc(-c2cccc(-c3ncc(-c4cnn(C5CCC(C(=O)O)CC5)c4)cn3)c2)cn1. The molecule has 0 spiro atoms. The Bertz CT molecular complexity index is 1250. The maximum atomic E-state index is 11.2. The molecule has 4 aromatic rings. The van der Waals surface area contributed by atoms with E-state index in [0.717, 1.165) is 47.2 Å². The van der Waals surface area contributed by atoms with Crippen molar-refractivity contribution in [2.45, 2.75) is 45.2 Å². The number of carboxylic acids is 1. The van der Waals surface area contributed by atoms with Crippen molar-refractivity contribution >= 4 is 5.97 Å². The molecule has 8 nitrogen and oxygen atoms in total. The monoisotopic (exact) mass is 442 g/mol. The Balaban J connectivity index is 1.31. The van der Waals surface area contributed by atoms with Crippen LogP contribution in [-0.4, -0.2) is 40.6 Å². The lowest BCUT2D eigenvalue weighted by molar-refractivity contribution is -0.143. The Morgan fingerprint density at radius 2 is 1.61 bits per heavy atom. The summed E-state index contributed by atoms with van der Waals surface area (Å²) in [6.45, 7) is 2.90. The third-order valence-electron chi connectivity index (χ3n) is 6.42. The van der Waals surface area contributed by atoms with E-state index in [1.54, 1.807) is 0 Å². The highest BCUT2D eigenvalue weighted by Crippen LogP contribution is 2.33. The Kier molecular flexibility index (Phi) is 5.73. The van der Waals surface area contributed by atoms with E-state index < -0.39 is 5.97 Å². The zero-order valence-electron chi connectivity index (χ0n) is 18.5. The van der Waals surface area contributed by atoms with E-state index in [1.807, 2.05) is 58.7 Å². The van der Waals surface area contributed by atoms with E-state index in [1.165, 1.54) is 0 Å². The van der Waals surface area contributed by atoms with Crippen molar-refractivity contribution < 1.29 is 9.90 Å². The smallest absolute Gasteiger partial charge is 0.306 e. The summed E-state index contributed by atoms with van der Waals surface area (Å²) in [4.78, 5) is 20.4. The predicted octanol–water partition coefficient (Wildman–Crippen LogP) is 4.71. The second kappa shape index (κ2) is 8.97. The van der Waals surface area contributed by atoms with Crippen LogP contribution >= 0.6 is 0 Å². The molecule has 1 aliphatic carbocycles. The van der Waals surface area contributed by atoms with E-state index in [9.17, 15) is 9.90 Å². The minimum absolute atomic E-state index is 0.224. The molecule has 1 aromatic carbocycles. The van der Waals surface area contributed by atoms with E-state index in [-0.39, 0.29) is 12.0 Å². The zero-order chi connectivity index (χ0) is 22.8. The first-order valence-corrected chi connectivity index (χ1v) is 11.3. The molecule has 1 saturated carbocycles. The fourth-order valence-electron chi connectivity index (χ4n) is 4.42. The second-order valence-corrected chi connectivity index (χ2v) is 8.51. The van der Waals surface area contributed by atoms with Gasteiger partial charge >= 0.3 is 5.97 Å². The van der Waals surface area contributed by atoms with Crippen LogP contribution in [0.5, 0.6) is 0 Å². The van der Waals surface area contributed by atoms with Gasteiger partial charge in [-0.15, -0.1) is 0 Å². The minimum atomic E-state index is -0.687. The fraction of sp³-hybridized carbons (Fsp3) is 0.320. The Morgan fingerprint density at radius 3 is 2.30 bits per heavy atom. The molecule has 168 valence electrons. The van der Waals surface area contributed by atoms with Crippen LogP contribution in [0.15, 0.2) is 61.4 Å². The lowest BCUT2D eigenvalue weighted by Gasteiger charge is -2.26. The summed E-state index contributed by atoms with van der Waals surface area (Å²) in [5.41, 5.74) is 4.97. The van der Waals surface area contributed by atoms with Crippen LogP contribution in [-0.2, 0) is 11.3 Å². The van der Waals surface area contributed by atoms with Gasteiger partial charge in [0.1, 0.15) is 0 Å². The fourth-order valence-corrected chi connectivity index (χ4v) is 4.42. The first-order valence-electron chi connectivity index (χ1n) is 11.3. The third-order valence-corrected chi connectivity index (χ3v) is 6.42. The molecule has 0 radical (unpaired) electrons. The Labute approximate surface area is 191 Å². The van der Waals surface area contributed by atoms with Gasteiger partial charge < -0.3 is 5.11 Å². The molecule has 1 fully saturated rings. The van der Waals surface area contributed by atoms with Crippen LogP contribution in [0.2, 0.25) is 0 Å². The largest absolute Gasteiger partial charge is 0.481 e. The van der Waals surface area contributed by atoms with Crippen LogP contribution in [0.1, 0.15) is 38.6 Å². The van der Waals surface area contributed by atoms with E-state index in [0.29, 0.717) is 18.7 Å². The van der Waals surface area contributed by atoms with Crippen molar-refractivity contribution in [1.82, 2.24) is 29.5 Å². The number of carboxylic acid groups (broad SMARTS) is 1. The number of aryl methyl sites for hydroxylation is 1. The molecule has 0 bridgehead atoms. The maximum absolute atomic E-state index is 11.2. The molecule has 1 N–H and O–H groups in total. The Hall–Kier alpha value is -3.81. The summed E-state index contributed by atoms with van der Waals surface area (Å²) in [5, 5.41) is 18.1. The first-order chi connectivity index (χ1) is 16.1. The van der Waals surface area contributed by atoms with Crippen LogP contribution in [0.25, 0.3) is 33.6 Å². The number of hydrogen-bond donors (Lipinski definition) is 1. The number of rotatable bonds is 6. The molecular weight excluding hydrogens is 416 g/mol. The van der Waals surface area contributed by atoms with Gasteiger partial charge in [0.05, 0.1) is 24.4 Å². The van der Waals surface area contributed by atoms with Crippen molar-refractivity contribution in [1.29, 1.82) is 0 Å². The summed E-state index contributed by atoms with van der Waals surface area (Å²) in [6.07, 6.45) is 14.5. The van der Waals surface area contributed by atoms with Crippen molar-refractivity contribution in [2.24, 2.45) is 5.92 Å². The average Bonchev–Trinajstić information content (AvgIpc) is 3.55. The van der Waals surface area contributed by atoms with Gasteiger partial charge in [-0.3, -0.25) is 14.2 Å². The molecule has 8 heteroatoms. The molecule has 5 rings (SSSR count). The summed E-state index contributed by atoms with van der Waals surface area (Å²) in [6, 6.07) is 8.40. The van der Waals surface area contributed by atoms with Gasteiger partial charge in [-0.25, -0.2) is 9.97 Å². The number of hydrogen-bond acceptors (Lipinski definition) is 5. The molecular formula is C25H26N6O2. The lowest BCUT2D eigenvalue weighted by Crippen LogP contribution is -2.23. The summed E-state index contributed by atoms with van der Waals surface area (Å²) >= 11 is 0. The van der Waals surface area contributed by atoms with Gasteiger partial charge in [0.2, 0.25) is 0 Å². The molecule has 33 heavy (non-hydrogen) atoms. The summed E-state index contributed by atoms with van der Waals surface area (Å²) in [7, 11) is 0. The topological polar surface area (TPSA) is 98.7 Å². The zero-order valence-corrected chi connectivity index (χ0v) is 18.5. The molecule has 3 heterocycles. The molecule has 1 aliphatic rings. The van der Waals surface area contributed by atoms with Crippen LogP contribution < -0.4 is 0 Å². The predicted molar refractivity (Wildman–Crippen MR) is 124 cm³/mol. The van der Waals surface area contributed by atoms with E-state index in [4.69, 9.17) is 0 Å². The summed E-state index contributed by atoms with van der Waals surface area (Å²) in [5.74, 6) is -0.241. The van der Waals surface area contributed by atoms with Crippen molar-refractivity contribution in [3.05, 3.63) is 61.4 Å². The molecule has 0 amide bonds. The minimum Gasteiger partial charge on any atom is -0.481 e. The normalized spacial score (nSPS) is 18.3. The van der Waals surface area contributed by atoms with Gasteiger partial charge in [-0.1, -0.05) is 18.2 Å². The van der Waals surface area contributed by atoms with Gasteiger partial charge in [-0.05, 0) is 44.2 Å². The van der Waals surface area contributed by atoms with Crippen LogP contribution in [0.3, 0.4) is 0 Å². The first kappa shape index (κ1) is 21.1. The highest BCUT2D eigenvalue weighted by molar-refractivity contribution is 5.70. The molecule has 3 aromatic heterocycles. The number of aromatic nitrogens is 6.